The topological polar surface area (TPSA) is 56.7 Å². The third-order valence-corrected chi connectivity index (χ3v) is 2.46. The summed E-state index contributed by atoms with van der Waals surface area (Å²) in [7, 11) is 1.68. The van der Waals surface area contributed by atoms with E-state index in [9.17, 15) is 8.78 Å². The monoisotopic (exact) mass is 238 g/mol. The highest BCUT2D eigenvalue weighted by atomic mass is 19.2. The number of nitrogens with two attached hydrogens (primary N) is 1. The van der Waals surface area contributed by atoms with E-state index in [1.54, 1.807) is 7.05 Å². The van der Waals surface area contributed by atoms with Crippen molar-refractivity contribution in [3.05, 3.63) is 29.6 Å². The van der Waals surface area contributed by atoms with Gasteiger partial charge in [0.05, 0.1) is 0 Å². The Morgan fingerprint density at radius 2 is 1.94 bits per heavy atom. The van der Waals surface area contributed by atoms with Gasteiger partial charge in [-0.1, -0.05) is 6.92 Å². The molecule has 0 saturated heterocycles. The summed E-state index contributed by atoms with van der Waals surface area (Å²) in [5.74, 6) is -0.857. The molecule has 0 bridgehead atoms. The number of hydrogen-bond donors (Lipinski definition) is 1. The van der Waals surface area contributed by atoms with Gasteiger partial charge in [0.15, 0.2) is 23.3 Å². The maximum atomic E-state index is 13.2. The Balaban J connectivity index is 2.59. The van der Waals surface area contributed by atoms with Crippen molar-refractivity contribution in [3.8, 4) is 11.4 Å². The first-order valence-corrected chi connectivity index (χ1v) is 5.17. The molecular weight excluding hydrogens is 226 g/mol. The predicted octanol–water partition coefficient (Wildman–Crippen LogP) is 1.90. The number of halogens is 2. The SMILES string of the molecule is CCc1nc(-c2cc(F)c(F)cc2N)n(C)n1. The van der Waals surface area contributed by atoms with Crippen molar-refractivity contribution in [3.63, 3.8) is 0 Å². The van der Waals surface area contributed by atoms with Crippen LogP contribution in [0.1, 0.15) is 12.7 Å². The van der Waals surface area contributed by atoms with Gasteiger partial charge in [0.25, 0.3) is 0 Å². The van der Waals surface area contributed by atoms with E-state index in [1.807, 2.05) is 6.92 Å². The standard InChI is InChI=1S/C11H12F2N4/c1-3-10-15-11(17(2)16-10)6-4-7(12)8(13)5-9(6)14/h4-5H,3,14H2,1-2H3. The average molecular weight is 238 g/mol. The fourth-order valence-corrected chi connectivity index (χ4v) is 1.58. The maximum Gasteiger partial charge on any atom is 0.160 e. The van der Waals surface area contributed by atoms with Gasteiger partial charge in [0, 0.05) is 30.8 Å². The Morgan fingerprint density at radius 1 is 1.29 bits per heavy atom. The highest BCUT2D eigenvalue weighted by Gasteiger charge is 2.14. The summed E-state index contributed by atoms with van der Waals surface area (Å²) in [5.41, 5.74) is 6.14. The number of benzene rings is 1. The number of nitrogen functional groups attached to an aromatic ring is 1. The minimum atomic E-state index is -0.968. The second kappa shape index (κ2) is 4.12. The number of hydrogen-bond acceptors (Lipinski definition) is 3. The lowest BCUT2D eigenvalue weighted by Crippen LogP contribution is -2.00. The van der Waals surface area contributed by atoms with Crippen LogP contribution < -0.4 is 5.73 Å². The van der Waals surface area contributed by atoms with E-state index in [-0.39, 0.29) is 5.69 Å². The third kappa shape index (κ3) is 1.98. The zero-order chi connectivity index (χ0) is 12.6. The summed E-state index contributed by atoms with van der Waals surface area (Å²) in [6.45, 7) is 1.91. The highest BCUT2D eigenvalue weighted by Crippen LogP contribution is 2.26. The van der Waals surface area contributed by atoms with E-state index in [0.717, 1.165) is 12.1 Å². The van der Waals surface area contributed by atoms with Crippen molar-refractivity contribution in [2.45, 2.75) is 13.3 Å². The van der Waals surface area contributed by atoms with Crippen molar-refractivity contribution in [2.24, 2.45) is 7.05 Å². The molecule has 2 N–H and O–H groups in total. The van der Waals surface area contributed by atoms with Crippen LogP contribution >= 0.6 is 0 Å². The van der Waals surface area contributed by atoms with Crippen molar-refractivity contribution in [2.75, 3.05) is 5.73 Å². The lowest BCUT2D eigenvalue weighted by molar-refractivity contribution is 0.509. The molecule has 1 heterocycles. The van der Waals surface area contributed by atoms with E-state index in [0.29, 0.717) is 23.6 Å². The van der Waals surface area contributed by atoms with Crippen molar-refractivity contribution in [1.29, 1.82) is 0 Å². The van der Waals surface area contributed by atoms with E-state index in [2.05, 4.69) is 10.1 Å². The molecular formula is C11H12F2N4. The van der Waals surface area contributed by atoms with Crippen molar-refractivity contribution >= 4 is 5.69 Å². The van der Waals surface area contributed by atoms with Gasteiger partial charge in [-0.15, -0.1) is 0 Å². The van der Waals surface area contributed by atoms with Crippen LogP contribution in [0.25, 0.3) is 11.4 Å². The Morgan fingerprint density at radius 3 is 2.53 bits per heavy atom. The Hall–Kier alpha value is -1.98. The number of nitrogens with zero attached hydrogens (tertiary/aromatic N) is 3. The maximum absolute atomic E-state index is 13.2. The van der Waals surface area contributed by atoms with Crippen LogP contribution in [0, 0.1) is 11.6 Å². The Bertz CT molecular complexity index is 563. The molecule has 0 aliphatic carbocycles. The van der Waals surface area contributed by atoms with Gasteiger partial charge in [-0.2, -0.15) is 5.10 Å². The van der Waals surface area contributed by atoms with E-state index in [1.165, 1.54) is 4.68 Å². The molecule has 0 amide bonds. The zero-order valence-electron chi connectivity index (χ0n) is 9.54. The Kier molecular flexibility index (Phi) is 2.79. The molecule has 90 valence electrons. The number of rotatable bonds is 2. The van der Waals surface area contributed by atoms with Crippen molar-refractivity contribution in [1.82, 2.24) is 14.8 Å². The second-order valence-electron chi connectivity index (χ2n) is 3.68. The normalized spacial score (nSPS) is 10.8. The molecule has 0 radical (unpaired) electrons. The smallest absolute Gasteiger partial charge is 0.160 e. The minimum Gasteiger partial charge on any atom is -0.398 e. The fraction of sp³-hybridized carbons (Fsp3) is 0.273. The second-order valence-corrected chi connectivity index (χ2v) is 3.68. The van der Waals surface area contributed by atoms with Crippen LogP contribution in [0.15, 0.2) is 12.1 Å². The molecule has 2 rings (SSSR count). The molecule has 4 nitrogen and oxygen atoms in total. The Labute approximate surface area is 97.1 Å². The molecule has 0 saturated carbocycles. The average Bonchev–Trinajstić information content (AvgIpc) is 2.65. The molecule has 0 aliphatic rings. The summed E-state index contributed by atoms with van der Waals surface area (Å²) < 4.78 is 27.6. The highest BCUT2D eigenvalue weighted by molar-refractivity contribution is 5.71. The van der Waals surface area contributed by atoms with Gasteiger partial charge in [0.1, 0.15) is 0 Å². The lowest BCUT2D eigenvalue weighted by Gasteiger charge is -2.05. The molecule has 0 fully saturated rings. The molecule has 0 spiro atoms. The van der Waals surface area contributed by atoms with E-state index >= 15 is 0 Å². The van der Waals surface area contributed by atoms with Crippen molar-refractivity contribution < 1.29 is 8.78 Å². The molecule has 6 heteroatoms. The first-order chi connectivity index (χ1) is 8.02. The van der Waals surface area contributed by atoms with Gasteiger partial charge < -0.3 is 5.73 Å². The summed E-state index contributed by atoms with van der Waals surface area (Å²) >= 11 is 0. The molecule has 0 unspecified atom stereocenters. The molecule has 1 aromatic carbocycles. The van der Waals surface area contributed by atoms with Crippen LogP contribution in [-0.4, -0.2) is 14.8 Å². The summed E-state index contributed by atoms with van der Waals surface area (Å²) in [5, 5.41) is 4.13. The van der Waals surface area contributed by atoms with Crippen LogP contribution in [0.3, 0.4) is 0 Å². The largest absolute Gasteiger partial charge is 0.398 e. The zero-order valence-corrected chi connectivity index (χ0v) is 9.54. The van der Waals surface area contributed by atoms with Gasteiger partial charge in [-0.25, -0.2) is 18.4 Å². The van der Waals surface area contributed by atoms with Crippen LogP contribution in [-0.2, 0) is 13.5 Å². The predicted molar refractivity (Wildman–Crippen MR) is 60.1 cm³/mol. The van der Waals surface area contributed by atoms with Gasteiger partial charge in [-0.05, 0) is 6.07 Å². The quantitative estimate of drug-likeness (QED) is 0.813. The minimum absolute atomic E-state index is 0.141. The number of anilines is 1. The van der Waals surface area contributed by atoms with Gasteiger partial charge in [-0.3, -0.25) is 0 Å². The number of aromatic nitrogens is 3. The molecule has 17 heavy (non-hydrogen) atoms. The van der Waals surface area contributed by atoms with Gasteiger partial charge >= 0.3 is 0 Å². The molecule has 2 aromatic rings. The fourth-order valence-electron chi connectivity index (χ4n) is 1.58. The summed E-state index contributed by atoms with van der Waals surface area (Å²) in [6.07, 6.45) is 0.664. The summed E-state index contributed by atoms with van der Waals surface area (Å²) in [6, 6.07) is 1.99. The molecule has 1 aromatic heterocycles. The van der Waals surface area contributed by atoms with Crippen LogP contribution in [0.2, 0.25) is 0 Å². The van der Waals surface area contributed by atoms with E-state index in [4.69, 9.17) is 5.73 Å². The first kappa shape index (κ1) is 11.5. The van der Waals surface area contributed by atoms with Crippen LogP contribution in [0.4, 0.5) is 14.5 Å². The lowest BCUT2D eigenvalue weighted by atomic mass is 10.1. The summed E-state index contributed by atoms with van der Waals surface area (Å²) in [4.78, 5) is 4.21. The first-order valence-electron chi connectivity index (χ1n) is 5.17. The molecule has 0 aliphatic heterocycles. The van der Waals surface area contributed by atoms with Gasteiger partial charge in [0.2, 0.25) is 0 Å². The van der Waals surface area contributed by atoms with Crippen LogP contribution in [0.5, 0.6) is 0 Å². The van der Waals surface area contributed by atoms with E-state index < -0.39 is 11.6 Å². The molecule has 0 atom stereocenters. The number of aryl methyl sites for hydroxylation is 2. The third-order valence-electron chi connectivity index (χ3n) is 2.46.